The second kappa shape index (κ2) is 10.4. The molecule has 0 bridgehead atoms. The maximum Gasteiger partial charge on any atom is 0.343 e. The van der Waals surface area contributed by atoms with Gasteiger partial charge >= 0.3 is 5.97 Å². The second-order valence-electron chi connectivity index (χ2n) is 6.88. The number of ether oxygens (including phenoxy) is 2. The SMILES string of the molecule is O=C(COc1cccc2cccnc12)N/N=C\c1ccc(OC(=O)c2ccc(Cl)cc2)cc1. The van der Waals surface area contributed by atoms with E-state index in [1.165, 1.54) is 6.21 Å². The number of nitrogens with one attached hydrogen (secondary N) is 1. The molecule has 1 aromatic heterocycles. The van der Waals surface area contributed by atoms with E-state index in [9.17, 15) is 9.59 Å². The normalized spacial score (nSPS) is 10.8. The van der Waals surface area contributed by atoms with Crippen LogP contribution in [0.25, 0.3) is 10.9 Å². The Labute approximate surface area is 194 Å². The number of nitrogens with zero attached hydrogens (tertiary/aromatic N) is 2. The third-order valence-electron chi connectivity index (χ3n) is 4.53. The van der Waals surface area contributed by atoms with Crippen LogP contribution in [0.3, 0.4) is 0 Å². The highest BCUT2D eigenvalue weighted by atomic mass is 35.5. The number of halogens is 1. The molecular weight excluding hydrogens is 442 g/mol. The quantitative estimate of drug-likeness (QED) is 0.188. The first-order valence-corrected chi connectivity index (χ1v) is 10.3. The summed E-state index contributed by atoms with van der Waals surface area (Å²) in [4.78, 5) is 28.5. The lowest BCUT2D eigenvalue weighted by Crippen LogP contribution is -2.24. The molecule has 0 spiro atoms. The Balaban J connectivity index is 1.27. The summed E-state index contributed by atoms with van der Waals surface area (Å²) in [6.45, 7) is -0.202. The van der Waals surface area contributed by atoms with Crippen LogP contribution in [0.4, 0.5) is 0 Å². The van der Waals surface area contributed by atoms with Gasteiger partial charge in [0.15, 0.2) is 6.61 Å². The largest absolute Gasteiger partial charge is 0.481 e. The Hall–Kier alpha value is -4.23. The van der Waals surface area contributed by atoms with Crippen molar-refractivity contribution < 1.29 is 19.1 Å². The zero-order valence-electron chi connectivity index (χ0n) is 17.3. The van der Waals surface area contributed by atoms with E-state index in [4.69, 9.17) is 21.1 Å². The van der Waals surface area contributed by atoms with Gasteiger partial charge in [0.05, 0.1) is 11.8 Å². The Kier molecular flexibility index (Phi) is 6.92. The molecule has 0 aliphatic carbocycles. The Morgan fingerprint density at radius 2 is 1.73 bits per heavy atom. The minimum Gasteiger partial charge on any atom is -0.481 e. The predicted molar refractivity (Wildman–Crippen MR) is 126 cm³/mol. The number of carbonyl (C=O) groups excluding carboxylic acids is 2. The Bertz CT molecular complexity index is 1300. The van der Waals surface area contributed by atoms with Gasteiger partial charge in [0.2, 0.25) is 0 Å². The highest BCUT2D eigenvalue weighted by Gasteiger charge is 2.08. The van der Waals surface area contributed by atoms with Crippen LogP contribution in [-0.4, -0.2) is 29.7 Å². The van der Waals surface area contributed by atoms with Crippen molar-refractivity contribution >= 4 is 40.6 Å². The van der Waals surface area contributed by atoms with Crippen LogP contribution in [0, 0.1) is 0 Å². The topological polar surface area (TPSA) is 89.9 Å². The number of aromatic nitrogens is 1. The first-order valence-electron chi connectivity index (χ1n) is 9.95. The minimum absolute atomic E-state index is 0.202. The highest BCUT2D eigenvalue weighted by Crippen LogP contribution is 2.22. The van der Waals surface area contributed by atoms with Crippen LogP contribution < -0.4 is 14.9 Å². The summed E-state index contributed by atoms with van der Waals surface area (Å²) < 4.78 is 10.9. The molecule has 7 nitrogen and oxygen atoms in total. The van der Waals surface area contributed by atoms with Crippen molar-refractivity contribution in [1.29, 1.82) is 0 Å². The van der Waals surface area contributed by atoms with Crippen molar-refractivity contribution in [3.8, 4) is 11.5 Å². The van der Waals surface area contributed by atoms with Gasteiger partial charge in [0, 0.05) is 16.6 Å². The summed E-state index contributed by atoms with van der Waals surface area (Å²) in [6.07, 6.45) is 3.14. The van der Waals surface area contributed by atoms with Crippen LogP contribution in [0.5, 0.6) is 11.5 Å². The van der Waals surface area contributed by atoms with E-state index in [1.807, 2.05) is 24.3 Å². The van der Waals surface area contributed by atoms with Gasteiger partial charge in [0.25, 0.3) is 5.91 Å². The zero-order valence-corrected chi connectivity index (χ0v) is 18.0. The van der Waals surface area contributed by atoms with Crippen molar-refractivity contribution in [1.82, 2.24) is 10.4 Å². The van der Waals surface area contributed by atoms with Crippen molar-refractivity contribution in [2.24, 2.45) is 5.10 Å². The first kappa shape index (κ1) is 22.0. The number of esters is 1. The van der Waals surface area contributed by atoms with Crippen molar-refractivity contribution in [3.05, 3.63) is 101 Å². The van der Waals surface area contributed by atoms with Crippen molar-refractivity contribution in [3.63, 3.8) is 0 Å². The summed E-state index contributed by atoms with van der Waals surface area (Å²) in [5.41, 5.74) is 4.21. The number of fused-ring (bicyclic) bond motifs is 1. The predicted octanol–water partition coefficient (Wildman–Crippen LogP) is 4.64. The standard InChI is InChI=1S/C25H18ClN3O4/c26-20-10-8-19(9-11-20)25(31)33-21-12-6-17(7-13-21)15-28-29-23(30)16-32-22-5-1-3-18-4-2-14-27-24(18)22/h1-15H,16H2,(H,29,30)/b28-15-. The molecule has 33 heavy (non-hydrogen) atoms. The van der Waals surface area contributed by atoms with Crippen LogP contribution >= 0.6 is 11.6 Å². The summed E-state index contributed by atoms with van der Waals surface area (Å²) in [5, 5.41) is 5.39. The van der Waals surface area contributed by atoms with Crippen LogP contribution in [-0.2, 0) is 4.79 Å². The smallest absolute Gasteiger partial charge is 0.343 e. The fourth-order valence-corrected chi connectivity index (χ4v) is 3.05. The zero-order chi connectivity index (χ0) is 23.0. The van der Waals surface area contributed by atoms with Crippen LogP contribution in [0.15, 0.2) is 90.2 Å². The number of amides is 1. The van der Waals surface area contributed by atoms with Gasteiger partial charge < -0.3 is 9.47 Å². The lowest BCUT2D eigenvalue weighted by Gasteiger charge is -2.07. The number of hydrogen-bond donors (Lipinski definition) is 1. The van der Waals surface area contributed by atoms with E-state index >= 15 is 0 Å². The summed E-state index contributed by atoms with van der Waals surface area (Å²) in [5.74, 6) is 0.0126. The fourth-order valence-electron chi connectivity index (χ4n) is 2.92. The van der Waals surface area contributed by atoms with Crippen LogP contribution in [0.2, 0.25) is 5.02 Å². The molecule has 4 rings (SSSR count). The molecule has 1 heterocycles. The number of hydrazone groups is 1. The monoisotopic (exact) mass is 459 g/mol. The van der Waals surface area contributed by atoms with Gasteiger partial charge in [-0.3, -0.25) is 9.78 Å². The number of hydrogen-bond acceptors (Lipinski definition) is 6. The first-order chi connectivity index (χ1) is 16.1. The molecule has 8 heteroatoms. The third kappa shape index (κ3) is 5.93. The molecule has 3 aromatic carbocycles. The molecule has 0 atom stereocenters. The van der Waals surface area contributed by atoms with E-state index in [0.29, 0.717) is 33.2 Å². The number of para-hydroxylation sites is 1. The second-order valence-corrected chi connectivity index (χ2v) is 7.32. The third-order valence-corrected chi connectivity index (χ3v) is 4.78. The lowest BCUT2D eigenvalue weighted by atomic mass is 10.2. The summed E-state index contributed by atoms with van der Waals surface area (Å²) in [6, 6.07) is 22.4. The molecule has 1 N–H and O–H groups in total. The molecule has 1 amide bonds. The molecule has 164 valence electrons. The van der Waals surface area contributed by atoms with Gasteiger partial charge in [-0.05, 0) is 66.2 Å². The fraction of sp³-hybridized carbons (Fsp3) is 0.0400. The van der Waals surface area contributed by atoms with E-state index in [2.05, 4.69) is 15.5 Å². The molecule has 0 saturated heterocycles. The maximum absolute atomic E-state index is 12.1. The molecular formula is C25H18ClN3O4. The highest BCUT2D eigenvalue weighted by molar-refractivity contribution is 6.30. The van der Waals surface area contributed by atoms with Gasteiger partial charge in [-0.15, -0.1) is 0 Å². The minimum atomic E-state index is -0.484. The molecule has 0 aliphatic heterocycles. The summed E-state index contributed by atoms with van der Waals surface area (Å²) in [7, 11) is 0. The van der Waals surface area contributed by atoms with E-state index in [1.54, 1.807) is 60.8 Å². The molecule has 4 aromatic rings. The van der Waals surface area contributed by atoms with E-state index in [0.717, 1.165) is 5.39 Å². The van der Waals surface area contributed by atoms with Gasteiger partial charge in [-0.1, -0.05) is 29.8 Å². The van der Waals surface area contributed by atoms with E-state index in [-0.39, 0.29) is 6.61 Å². The average Bonchev–Trinajstić information content (AvgIpc) is 2.84. The number of pyridine rings is 1. The number of benzene rings is 3. The van der Waals surface area contributed by atoms with E-state index < -0.39 is 11.9 Å². The van der Waals surface area contributed by atoms with Gasteiger partial charge in [0.1, 0.15) is 17.0 Å². The number of carbonyl (C=O) groups is 2. The lowest BCUT2D eigenvalue weighted by molar-refractivity contribution is -0.123. The van der Waals surface area contributed by atoms with Gasteiger partial charge in [-0.25, -0.2) is 10.2 Å². The molecule has 0 radical (unpaired) electrons. The van der Waals surface area contributed by atoms with Crippen molar-refractivity contribution in [2.75, 3.05) is 6.61 Å². The van der Waals surface area contributed by atoms with Gasteiger partial charge in [-0.2, -0.15) is 5.10 Å². The molecule has 0 aliphatic rings. The molecule has 0 saturated carbocycles. The van der Waals surface area contributed by atoms with Crippen LogP contribution in [0.1, 0.15) is 15.9 Å². The Morgan fingerprint density at radius 3 is 2.52 bits per heavy atom. The number of rotatable bonds is 7. The average molecular weight is 460 g/mol. The molecule has 0 unspecified atom stereocenters. The Morgan fingerprint density at radius 1 is 0.970 bits per heavy atom. The maximum atomic E-state index is 12.1. The summed E-state index contributed by atoms with van der Waals surface area (Å²) >= 11 is 5.82. The van der Waals surface area contributed by atoms with Crippen molar-refractivity contribution in [2.45, 2.75) is 0 Å². The molecule has 0 fully saturated rings.